The normalized spacial score (nSPS) is 10.3. The SMILES string of the molecule is C=C(CCNC(=O)COc1ccc(Cl)c(F)c1)NC(=O)COc1ccc(Cl)cc1NCCO. The first-order valence-corrected chi connectivity index (χ1v) is 10.6. The van der Waals surface area contributed by atoms with Crippen molar-refractivity contribution >= 4 is 40.7 Å². The Hall–Kier alpha value is -3.01. The van der Waals surface area contributed by atoms with Gasteiger partial charge in [0.15, 0.2) is 13.2 Å². The van der Waals surface area contributed by atoms with Crippen LogP contribution in [-0.4, -0.2) is 49.8 Å². The molecular weight excluding hydrogens is 476 g/mol. The predicted molar refractivity (Wildman–Crippen MR) is 124 cm³/mol. The van der Waals surface area contributed by atoms with Crippen LogP contribution < -0.4 is 25.4 Å². The molecule has 4 N–H and O–H groups in total. The van der Waals surface area contributed by atoms with E-state index in [1.165, 1.54) is 12.1 Å². The van der Waals surface area contributed by atoms with E-state index in [4.69, 9.17) is 37.8 Å². The summed E-state index contributed by atoms with van der Waals surface area (Å²) in [5, 5.41) is 17.5. The van der Waals surface area contributed by atoms with Crippen molar-refractivity contribution in [2.45, 2.75) is 6.42 Å². The van der Waals surface area contributed by atoms with Crippen LogP contribution in [0.1, 0.15) is 6.42 Å². The standard InChI is InChI=1S/C22H24Cl2FN3O5/c1-14(6-7-27-21(30)12-32-16-3-4-17(24)18(25)11-16)28-22(31)13-33-20-5-2-15(23)10-19(20)26-8-9-29/h2-5,10-11,26,29H,1,6-9,12-13H2,(H,27,30)(H,28,31). The lowest BCUT2D eigenvalue weighted by Crippen LogP contribution is -2.32. The van der Waals surface area contributed by atoms with Crippen molar-refractivity contribution in [3.63, 3.8) is 0 Å². The van der Waals surface area contributed by atoms with Gasteiger partial charge in [0.05, 0.1) is 17.3 Å². The summed E-state index contributed by atoms with van der Waals surface area (Å²) >= 11 is 11.5. The van der Waals surface area contributed by atoms with Crippen LogP contribution in [0, 0.1) is 5.82 Å². The van der Waals surface area contributed by atoms with Gasteiger partial charge in [-0.1, -0.05) is 29.8 Å². The highest BCUT2D eigenvalue weighted by Gasteiger charge is 2.10. The fourth-order valence-corrected chi connectivity index (χ4v) is 2.80. The monoisotopic (exact) mass is 499 g/mol. The minimum atomic E-state index is -0.640. The van der Waals surface area contributed by atoms with Crippen LogP contribution in [0.5, 0.6) is 11.5 Å². The van der Waals surface area contributed by atoms with Crippen LogP contribution in [0.2, 0.25) is 10.0 Å². The first-order valence-electron chi connectivity index (χ1n) is 9.87. The van der Waals surface area contributed by atoms with E-state index in [2.05, 4.69) is 22.5 Å². The number of nitrogens with one attached hydrogen (secondary N) is 3. The molecule has 0 aliphatic rings. The van der Waals surface area contributed by atoms with Crippen LogP contribution in [0.4, 0.5) is 10.1 Å². The number of carbonyl (C=O) groups is 2. The molecule has 0 aromatic heterocycles. The molecular formula is C22H24Cl2FN3O5. The molecule has 2 amide bonds. The maximum absolute atomic E-state index is 13.4. The summed E-state index contributed by atoms with van der Waals surface area (Å²) in [5.41, 5.74) is 0.939. The van der Waals surface area contributed by atoms with Crippen molar-refractivity contribution in [2.24, 2.45) is 0 Å². The average molecular weight is 500 g/mol. The molecule has 178 valence electrons. The molecule has 11 heteroatoms. The predicted octanol–water partition coefficient (Wildman–Crippen LogP) is 3.13. The van der Waals surface area contributed by atoms with E-state index >= 15 is 0 Å². The van der Waals surface area contributed by atoms with Gasteiger partial charge in [-0.3, -0.25) is 9.59 Å². The van der Waals surface area contributed by atoms with Gasteiger partial charge in [-0.15, -0.1) is 0 Å². The van der Waals surface area contributed by atoms with E-state index < -0.39 is 17.6 Å². The minimum absolute atomic E-state index is 0.0373. The number of ether oxygens (including phenoxy) is 2. The zero-order valence-corrected chi connectivity index (χ0v) is 19.1. The Bertz CT molecular complexity index is 990. The van der Waals surface area contributed by atoms with Crippen LogP contribution in [-0.2, 0) is 9.59 Å². The number of halogens is 3. The van der Waals surface area contributed by atoms with E-state index in [1.807, 2.05) is 0 Å². The van der Waals surface area contributed by atoms with Gasteiger partial charge in [0.1, 0.15) is 17.3 Å². The molecule has 0 bridgehead atoms. The Kier molecular flexibility index (Phi) is 10.8. The first kappa shape index (κ1) is 26.2. The summed E-state index contributed by atoms with van der Waals surface area (Å²) in [5.74, 6) is -0.902. The molecule has 2 aromatic carbocycles. The summed E-state index contributed by atoms with van der Waals surface area (Å²) < 4.78 is 24.1. The van der Waals surface area contributed by atoms with Crippen LogP contribution in [0.3, 0.4) is 0 Å². The lowest BCUT2D eigenvalue weighted by atomic mass is 10.3. The number of aliphatic hydroxyl groups excluding tert-OH is 1. The summed E-state index contributed by atoms with van der Waals surface area (Å²) in [6, 6.07) is 8.73. The molecule has 0 saturated carbocycles. The summed E-state index contributed by atoms with van der Waals surface area (Å²) in [6.45, 7) is 3.61. The van der Waals surface area contributed by atoms with Crippen molar-refractivity contribution in [2.75, 3.05) is 38.2 Å². The Morgan fingerprint density at radius 2 is 1.79 bits per heavy atom. The molecule has 0 radical (unpaired) electrons. The number of aliphatic hydroxyl groups is 1. The van der Waals surface area contributed by atoms with Gasteiger partial charge in [-0.2, -0.15) is 0 Å². The van der Waals surface area contributed by atoms with Crippen LogP contribution >= 0.6 is 23.2 Å². The van der Waals surface area contributed by atoms with E-state index in [-0.39, 0.29) is 43.6 Å². The maximum atomic E-state index is 13.4. The zero-order valence-electron chi connectivity index (χ0n) is 17.6. The number of carbonyl (C=O) groups excluding carboxylic acids is 2. The number of rotatable bonds is 13. The highest BCUT2D eigenvalue weighted by atomic mass is 35.5. The largest absolute Gasteiger partial charge is 0.484 e. The molecule has 0 spiro atoms. The van der Waals surface area contributed by atoms with Gasteiger partial charge < -0.3 is 30.5 Å². The van der Waals surface area contributed by atoms with E-state index in [0.29, 0.717) is 28.7 Å². The van der Waals surface area contributed by atoms with E-state index in [9.17, 15) is 14.0 Å². The molecule has 33 heavy (non-hydrogen) atoms. The second-order valence-electron chi connectivity index (χ2n) is 6.70. The maximum Gasteiger partial charge on any atom is 0.262 e. The van der Waals surface area contributed by atoms with Crippen molar-refractivity contribution in [3.05, 3.63) is 64.5 Å². The number of benzene rings is 2. The first-order chi connectivity index (χ1) is 15.8. The average Bonchev–Trinajstić information content (AvgIpc) is 2.77. The fourth-order valence-electron chi connectivity index (χ4n) is 2.52. The van der Waals surface area contributed by atoms with Gasteiger partial charge in [-0.25, -0.2) is 4.39 Å². The third-order valence-electron chi connectivity index (χ3n) is 4.05. The molecule has 0 unspecified atom stereocenters. The molecule has 0 aliphatic heterocycles. The van der Waals surface area contributed by atoms with Gasteiger partial charge in [0.25, 0.3) is 11.8 Å². The molecule has 0 saturated heterocycles. The van der Waals surface area contributed by atoms with Crippen LogP contribution in [0.25, 0.3) is 0 Å². The van der Waals surface area contributed by atoms with Crippen molar-refractivity contribution < 1.29 is 28.6 Å². The Morgan fingerprint density at radius 1 is 1.03 bits per heavy atom. The highest BCUT2D eigenvalue weighted by Crippen LogP contribution is 2.27. The van der Waals surface area contributed by atoms with Gasteiger partial charge in [0.2, 0.25) is 0 Å². The summed E-state index contributed by atoms with van der Waals surface area (Å²) in [7, 11) is 0. The lowest BCUT2D eigenvalue weighted by Gasteiger charge is -2.14. The highest BCUT2D eigenvalue weighted by molar-refractivity contribution is 6.31. The van der Waals surface area contributed by atoms with Crippen LogP contribution in [0.15, 0.2) is 48.7 Å². The second-order valence-corrected chi connectivity index (χ2v) is 7.54. The molecule has 2 aromatic rings. The zero-order chi connectivity index (χ0) is 24.2. The van der Waals surface area contributed by atoms with Gasteiger partial charge in [0, 0.05) is 36.3 Å². The molecule has 2 rings (SSSR count). The smallest absolute Gasteiger partial charge is 0.262 e. The third kappa shape index (κ3) is 9.56. The Morgan fingerprint density at radius 3 is 2.52 bits per heavy atom. The lowest BCUT2D eigenvalue weighted by molar-refractivity contribution is -0.123. The summed E-state index contributed by atoms with van der Waals surface area (Å²) in [4.78, 5) is 23.9. The molecule has 0 fully saturated rings. The molecule has 0 heterocycles. The minimum Gasteiger partial charge on any atom is -0.484 e. The van der Waals surface area contributed by atoms with Gasteiger partial charge >= 0.3 is 0 Å². The number of hydrogen-bond acceptors (Lipinski definition) is 6. The number of anilines is 1. The van der Waals surface area contributed by atoms with Crippen molar-refractivity contribution in [3.8, 4) is 11.5 Å². The fraction of sp³-hybridized carbons (Fsp3) is 0.273. The quantitative estimate of drug-likeness (QED) is 0.337. The third-order valence-corrected chi connectivity index (χ3v) is 4.60. The van der Waals surface area contributed by atoms with E-state index in [1.54, 1.807) is 18.2 Å². The van der Waals surface area contributed by atoms with Crippen molar-refractivity contribution in [1.29, 1.82) is 0 Å². The summed E-state index contributed by atoms with van der Waals surface area (Å²) in [6.07, 6.45) is 0.289. The number of amides is 2. The second kappa shape index (κ2) is 13.5. The molecule has 0 aliphatic carbocycles. The van der Waals surface area contributed by atoms with E-state index in [0.717, 1.165) is 6.07 Å². The number of hydrogen-bond donors (Lipinski definition) is 4. The molecule has 0 atom stereocenters. The Balaban J connectivity index is 1.67. The topological polar surface area (TPSA) is 109 Å². The molecule has 8 nitrogen and oxygen atoms in total. The van der Waals surface area contributed by atoms with Crippen molar-refractivity contribution in [1.82, 2.24) is 10.6 Å². The van der Waals surface area contributed by atoms with Gasteiger partial charge in [-0.05, 0) is 30.3 Å². The Labute approximate surface area is 200 Å².